The molecule has 6 heteroatoms. The van der Waals surface area contributed by atoms with E-state index in [0.29, 0.717) is 50.4 Å². The highest BCUT2D eigenvalue weighted by molar-refractivity contribution is 5.86. The number of carbonyl (C=O) groups excluding carboxylic acids is 1. The van der Waals surface area contributed by atoms with E-state index >= 15 is 0 Å². The first kappa shape index (κ1) is 21.0. The second kappa shape index (κ2) is 6.60. The number of rotatable bonds is 2. The summed E-state index contributed by atoms with van der Waals surface area (Å²) in [4.78, 5) is 15.9. The molecule has 2 N–H and O–H groups in total. The molecule has 31 heavy (non-hydrogen) atoms. The van der Waals surface area contributed by atoms with Crippen molar-refractivity contribution in [2.45, 2.75) is 63.6 Å². The highest BCUT2D eigenvalue weighted by atomic mass is 19.4. The molecule has 1 aromatic carbocycles. The largest absolute Gasteiger partial charge is 0.409 e. The van der Waals surface area contributed by atoms with Crippen LogP contribution in [0.2, 0.25) is 0 Å². The highest BCUT2D eigenvalue weighted by Crippen LogP contribution is 2.73. The number of carbonyl (C=O) groups is 1. The van der Waals surface area contributed by atoms with Crippen molar-refractivity contribution in [1.82, 2.24) is 4.90 Å². The Hall–Kier alpha value is -1.82. The van der Waals surface area contributed by atoms with Crippen LogP contribution in [0.25, 0.3) is 0 Å². The van der Waals surface area contributed by atoms with Crippen molar-refractivity contribution in [3.05, 3.63) is 47.5 Å². The minimum Gasteiger partial charge on any atom is -0.342 e. The predicted molar refractivity (Wildman–Crippen MR) is 113 cm³/mol. The Morgan fingerprint density at radius 3 is 2.52 bits per heavy atom. The van der Waals surface area contributed by atoms with Gasteiger partial charge in [-0.25, -0.2) is 0 Å². The number of benzene rings is 1. The van der Waals surface area contributed by atoms with E-state index in [1.165, 1.54) is 5.56 Å². The summed E-state index contributed by atoms with van der Waals surface area (Å²) in [6.45, 7) is 5.32. The molecule has 0 aromatic heterocycles. The molecule has 4 bridgehead atoms. The summed E-state index contributed by atoms with van der Waals surface area (Å²) in [6.07, 6.45) is -0.537. The fourth-order valence-corrected chi connectivity index (χ4v) is 7.41. The summed E-state index contributed by atoms with van der Waals surface area (Å²) in [5.41, 5.74) is 6.82. The number of alkyl halides is 3. The average molecular weight is 433 g/mol. The van der Waals surface area contributed by atoms with Crippen molar-refractivity contribution in [2.24, 2.45) is 28.4 Å². The lowest BCUT2D eigenvalue weighted by Crippen LogP contribution is -2.57. The van der Waals surface area contributed by atoms with Crippen molar-refractivity contribution >= 4 is 5.91 Å². The molecular weight excluding hydrogens is 401 g/mol. The van der Waals surface area contributed by atoms with E-state index in [1.807, 2.05) is 23.1 Å². The Morgan fingerprint density at radius 1 is 1.16 bits per heavy atom. The van der Waals surface area contributed by atoms with Gasteiger partial charge in [-0.05, 0) is 60.3 Å². The Labute approximate surface area is 181 Å². The van der Waals surface area contributed by atoms with E-state index in [4.69, 9.17) is 5.73 Å². The molecule has 1 aliphatic heterocycles. The van der Waals surface area contributed by atoms with Gasteiger partial charge in [0.15, 0.2) is 0 Å². The summed E-state index contributed by atoms with van der Waals surface area (Å²) in [7, 11) is 0. The second-order valence-corrected chi connectivity index (χ2v) is 11.1. The Kier molecular flexibility index (Phi) is 4.48. The van der Waals surface area contributed by atoms with Crippen molar-refractivity contribution in [1.29, 1.82) is 0 Å². The Balaban J connectivity index is 1.54. The minimum absolute atomic E-state index is 0.0294. The number of amides is 1. The number of likely N-dealkylation sites (tertiary alicyclic amines) is 1. The molecule has 5 atom stereocenters. The summed E-state index contributed by atoms with van der Waals surface area (Å²) >= 11 is 0. The first-order valence-corrected chi connectivity index (χ1v) is 11.4. The molecule has 1 heterocycles. The van der Waals surface area contributed by atoms with Crippen LogP contribution in [0.1, 0.15) is 51.5 Å². The van der Waals surface area contributed by atoms with Crippen LogP contribution in [0.15, 0.2) is 42.0 Å². The third kappa shape index (κ3) is 3.16. The number of allylic oxidation sites excluding steroid dienone is 2. The molecule has 4 aliphatic carbocycles. The van der Waals surface area contributed by atoms with Gasteiger partial charge in [-0.15, -0.1) is 0 Å². The molecule has 6 rings (SSSR count). The van der Waals surface area contributed by atoms with Crippen LogP contribution >= 0.6 is 0 Å². The van der Waals surface area contributed by atoms with Crippen LogP contribution in [-0.2, 0) is 10.2 Å². The number of hydrogen-bond donors (Lipinski definition) is 1. The van der Waals surface area contributed by atoms with E-state index in [0.717, 1.165) is 6.42 Å². The number of nitrogens with zero attached hydrogens (tertiary/aromatic N) is 1. The van der Waals surface area contributed by atoms with E-state index in [-0.39, 0.29) is 34.6 Å². The van der Waals surface area contributed by atoms with Crippen molar-refractivity contribution in [2.75, 3.05) is 13.1 Å². The van der Waals surface area contributed by atoms with Gasteiger partial charge in [0.25, 0.3) is 0 Å². The summed E-state index contributed by atoms with van der Waals surface area (Å²) in [5, 5.41) is 0. The van der Waals surface area contributed by atoms with E-state index in [2.05, 4.69) is 26.0 Å². The van der Waals surface area contributed by atoms with Gasteiger partial charge < -0.3 is 10.6 Å². The Morgan fingerprint density at radius 2 is 1.87 bits per heavy atom. The van der Waals surface area contributed by atoms with E-state index in [9.17, 15) is 18.0 Å². The molecule has 0 spiro atoms. The highest BCUT2D eigenvalue weighted by Gasteiger charge is 2.70. The quantitative estimate of drug-likeness (QED) is 0.681. The van der Waals surface area contributed by atoms with Crippen LogP contribution < -0.4 is 5.73 Å². The molecule has 3 nitrogen and oxygen atoms in total. The maximum atomic E-state index is 14.0. The van der Waals surface area contributed by atoms with E-state index in [1.54, 1.807) is 0 Å². The fraction of sp³-hybridized carbons (Fsp3) is 0.640. The van der Waals surface area contributed by atoms with Gasteiger partial charge in [0.2, 0.25) is 5.91 Å². The van der Waals surface area contributed by atoms with Crippen molar-refractivity contribution in [3.63, 3.8) is 0 Å². The first-order chi connectivity index (χ1) is 14.5. The van der Waals surface area contributed by atoms with Gasteiger partial charge in [-0.1, -0.05) is 49.8 Å². The minimum atomic E-state index is -4.35. The molecular formula is C25H31F3N2O. The smallest absolute Gasteiger partial charge is 0.342 e. The SMILES string of the molecule is CC1(C)CN(C(=O)C23CC4CC(c5ccccc5)(CC2/C4=C\C(F)(F)F)C3)CC[C@@H]1N. The first-order valence-electron chi connectivity index (χ1n) is 11.4. The van der Waals surface area contributed by atoms with Crippen LogP contribution in [-0.4, -0.2) is 36.1 Å². The number of halogens is 3. The maximum absolute atomic E-state index is 14.0. The maximum Gasteiger partial charge on any atom is 0.409 e. The average Bonchev–Trinajstić information content (AvgIpc) is 3.06. The van der Waals surface area contributed by atoms with E-state index < -0.39 is 11.6 Å². The third-order valence-electron chi connectivity index (χ3n) is 8.78. The second-order valence-electron chi connectivity index (χ2n) is 11.1. The zero-order valence-corrected chi connectivity index (χ0v) is 18.2. The summed E-state index contributed by atoms with van der Waals surface area (Å²) in [5.74, 6) is -0.428. The topological polar surface area (TPSA) is 46.3 Å². The van der Waals surface area contributed by atoms with Gasteiger partial charge >= 0.3 is 6.18 Å². The number of hydrogen-bond acceptors (Lipinski definition) is 2. The normalized spacial score (nSPS) is 40.0. The lowest BCUT2D eigenvalue weighted by molar-refractivity contribution is -0.147. The molecule has 1 saturated heterocycles. The van der Waals surface area contributed by atoms with Crippen LogP contribution in [0.4, 0.5) is 13.2 Å². The zero-order valence-electron chi connectivity index (χ0n) is 18.2. The summed E-state index contributed by atoms with van der Waals surface area (Å²) < 4.78 is 40.2. The monoisotopic (exact) mass is 432 g/mol. The fourth-order valence-electron chi connectivity index (χ4n) is 7.41. The van der Waals surface area contributed by atoms with Crippen LogP contribution in [0, 0.1) is 22.7 Å². The van der Waals surface area contributed by atoms with Crippen molar-refractivity contribution in [3.8, 4) is 0 Å². The van der Waals surface area contributed by atoms with Gasteiger partial charge in [-0.2, -0.15) is 13.2 Å². The molecule has 1 aromatic rings. The Bertz CT molecular complexity index is 924. The molecule has 5 fully saturated rings. The van der Waals surface area contributed by atoms with Crippen molar-refractivity contribution < 1.29 is 18.0 Å². The lowest BCUT2D eigenvalue weighted by atomic mass is 9.62. The molecule has 4 unspecified atom stereocenters. The molecule has 168 valence electrons. The van der Waals surface area contributed by atoms with Gasteiger partial charge in [-0.3, -0.25) is 4.79 Å². The molecule has 0 radical (unpaired) electrons. The van der Waals surface area contributed by atoms with Crippen LogP contribution in [0.3, 0.4) is 0 Å². The van der Waals surface area contributed by atoms with Gasteiger partial charge in [0.1, 0.15) is 0 Å². The number of piperidine rings is 1. The lowest BCUT2D eigenvalue weighted by Gasteiger charge is -2.47. The predicted octanol–water partition coefficient (Wildman–Crippen LogP) is 4.82. The summed E-state index contributed by atoms with van der Waals surface area (Å²) in [6, 6.07) is 10.1. The number of nitrogens with two attached hydrogens (primary N) is 1. The van der Waals surface area contributed by atoms with Gasteiger partial charge in [0.05, 0.1) is 5.41 Å². The third-order valence-corrected chi connectivity index (χ3v) is 8.78. The van der Waals surface area contributed by atoms with Gasteiger partial charge in [0, 0.05) is 25.2 Å². The zero-order chi connectivity index (χ0) is 22.2. The molecule has 4 saturated carbocycles. The standard InChI is InChI=1S/C25H31F3N2O/c1-22(2)15-30(9-8-20(22)29)21(31)24-11-16-10-23(14-24,17-6-4-3-5-7-17)13-19(24)18(16)12-25(26,27)28/h3-7,12,16,19-20H,8-11,13-15,29H2,1-2H3/b18-12-/t16?,19?,20-,23?,24?/m0/s1. The molecule has 1 amide bonds. The van der Waals surface area contributed by atoms with Crippen LogP contribution in [0.5, 0.6) is 0 Å². The molecule has 5 aliphatic rings.